The fourth-order valence-electron chi connectivity index (χ4n) is 1.01. The Bertz CT molecular complexity index is 110. The van der Waals surface area contributed by atoms with Crippen molar-refractivity contribution >= 4 is 18.2 Å². The number of nitrogens with zero attached hydrogens (tertiary/aromatic N) is 1. The van der Waals surface area contributed by atoms with E-state index in [4.69, 9.17) is 4.74 Å². The van der Waals surface area contributed by atoms with Gasteiger partial charge in [-0.2, -0.15) is 0 Å². The van der Waals surface area contributed by atoms with Crippen LogP contribution in [0.5, 0.6) is 0 Å². The van der Waals surface area contributed by atoms with Crippen LogP contribution in [0.15, 0.2) is 4.40 Å². The molecule has 1 rings (SSSR count). The zero-order chi connectivity index (χ0) is 7.23. The predicted octanol–water partition coefficient (Wildman–Crippen LogP) is 1.76. The molecule has 58 valence electrons. The van der Waals surface area contributed by atoms with E-state index in [1.54, 1.807) is 0 Å². The van der Waals surface area contributed by atoms with Gasteiger partial charge >= 0.3 is 0 Å². The highest BCUT2D eigenvalue weighted by molar-refractivity contribution is 7.97. The number of ether oxygens (including phenoxy) is 1. The van der Waals surface area contributed by atoms with E-state index in [9.17, 15) is 0 Å². The summed E-state index contributed by atoms with van der Waals surface area (Å²) in [5.74, 6) is 0.668. The average molecular weight is 159 g/mol. The minimum Gasteiger partial charge on any atom is -0.381 e. The summed E-state index contributed by atoms with van der Waals surface area (Å²) in [5, 5.41) is 0. The molecule has 0 atom stereocenters. The summed E-state index contributed by atoms with van der Waals surface area (Å²) in [6.45, 7) is 1.82. The topological polar surface area (TPSA) is 21.6 Å². The summed E-state index contributed by atoms with van der Waals surface area (Å²) in [5.41, 5.74) is 0. The van der Waals surface area contributed by atoms with Crippen molar-refractivity contribution in [1.82, 2.24) is 0 Å². The van der Waals surface area contributed by atoms with Crippen LogP contribution < -0.4 is 0 Å². The number of hydrogen-bond acceptors (Lipinski definition) is 3. The molecule has 0 aliphatic carbocycles. The minimum atomic E-state index is 0.668. The fourth-order valence-corrected chi connectivity index (χ4v) is 1.31. The molecule has 0 aromatic heterocycles. The van der Waals surface area contributed by atoms with Crippen molar-refractivity contribution in [2.24, 2.45) is 10.3 Å². The molecule has 1 fully saturated rings. The van der Waals surface area contributed by atoms with Crippen molar-refractivity contribution in [3.63, 3.8) is 0 Å². The molecule has 0 saturated carbocycles. The molecule has 0 bridgehead atoms. The third-order valence-electron chi connectivity index (χ3n) is 1.64. The molecule has 0 unspecified atom stereocenters. The smallest absolute Gasteiger partial charge is 0.0472 e. The van der Waals surface area contributed by atoms with Crippen molar-refractivity contribution in [2.75, 3.05) is 19.5 Å². The monoisotopic (exact) mass is 159 g/mol. The van der Waals surface area contributed by atoms with Crippen LogP contribution >= 0.6 is 11.9 Å². The maximum atomic E-state index is 5.21. The molecule has 10 heavy (non-hydrogen) atoms. The van der Waals surface area contributed by atoms with E-state index in [1.165, 1.54) is 11.9 Å². The van der Waals surface area contributed by atoms with Gasteiger partial charge < -0.3 is 4.74 Å². The Hall–Kier alpha value is -0.0200. The highest BCUT2D eigenvalue weighted by atomic mass is 32.2. The second-order valence-electron chi connectivity index (χ2n) is 2.39. The summed E-state index contributed by atoms with van der Waals surface area (Å²) in [4.78, 5) is 0. The normalized spacial score (nSPS) is 22.1. The Labute approximate surface area is 66.2 Å². The lowest BCUT2D eigenvalue weighted by molar-refractivity contribution is 0.0839. The third kappa shape index (κ3) is 2.71. The van der Waals surface area contributed by atoms with Crippen molar-refractivity contribution in [3.8, 4) is 0 Å². The maximum absolute atomic E-state index is 5.21. The Morgan fingerprint density at radius 1 is 1.50 bits per heavy atom. The molecular formula is C7H13NOS. The van der Waals surface area contributed by atoms with Gasteiger partial charge in [-0.1, -0.05) is 0 Å². The molecule has 1 aliphatic heterocycles. The second-order valence-corrected chi connectivity index (χ2v) is 2.96. The Morgan fingerprint density at radius 2 is 2.20 bits per heavy atom. The van der Waals surface area contributed by atoms with E-state index in [2.05, 4.69) is 4.40 Å². The molecule has 0 aromatic rings. The lowest BCUT2D eigenvalue weighted by Gasteiger charge is -2.17. The maximum Gasteiger partial charge on any atom is 0.0472 e. The highest BCUT2D eigenvalue weighted by Crippen LogP contribution is 2.12. The van der Waals surface area contributed by atoms with Gasteiger partial charge in [-0.15, -0.1) is 0 Å². The van der Waals surface area contributed by atoms with Crippen molar-refractivity contribution < 1.29 is 4.74 Å². The minimum absolute atomic E-state index is 0.668. The van der Waals surface area contributed by atoms with E-state index in [0.717, 1.165) is 26.1 Å². The molecule has 1 aliphatic rings. The second kappa shape index (κ2) is 4.74. The molecule has 0 amide bonds. The SMILES string of the molecule is CS/N=C/C1CCOCC1. The predicted molar refractivity (Wildman–Crippen MR) is 45.6 cm³/mol. The van der Waals surface area contributed by atoms with Gasteiger partial charge in [-0.3, -0.25) is 0 Å². The standard InChI is InChI=1S/C7H13NOS/c1-10-8-6-7-2-4-9-5-3-7/h6-7H,2-5H2,1H3/b8-6+. The summed E-state index contributed by atoms with van der Waals surface area (Å²) < 4.78 is 9.34. The number of rotatable bonds is 2. The molecule has 0 N–H and O–H groups in total. The summed E-state index contributed by atoms with van der Waals surface area (Å²) in [6.07, 6.45) is 6.32. The first-order valence-electron chi connectivity index (χ1n) is 3.58. The van der Waals surface area contributed by atoms with Gasteiger partial charge in [-0.05, 0) is 30.7 Å². The molecule has 0 spiro atoms. The van der Waals surface area contributed by atoms with Crippen molar-refractivity contribution in [2.45, 2.75) is 12.8 Å². The van der Waals surface area contributed by atoms with Gasteiger partial charge in [0.15, 0.2) is 0 Å². The molecule has 1 heterocycles. The molecule has 1 saturated heterocycles. The van der Waals surface area contributed by atoms with Crippen molar-refractivity contribution in [3.05, 3.63) is 0 Å². The molecule has 0 aromatic carbocycles. The summed E-state index contributed by atoms with van der Waals surface area (Å²) in [7, 11) is 0. The Kier molecular flexibility index (Phi) is 3.83. The van der Waals surface area contributed by atoms with Crippen LogP contribution in [0.2, 0.25) is 0 Å². The summed E-state index contributed by atoms with van der Waals surface area (Å²) >= 11 is 1.52. The zero-order valence-electron chi connectivity index (χ0n) is 6.25. The van der Waals surface area contributed by atoms with Gasteiger partial charge in [0.2, 0.25) is 0 Å². The van der Waals surface area contributed by atoms with Crippen LogP contribution in [0, 0.1) is 5.92 Å². The Balaban J connectivity index is 2.19. The summed E-state index contributed by atoms with van der Waals surface area (Å²) in [6, 6.07) is 0. The van der Waals surface area contributed by atoms with Crippen LogP contribution in [0.1, 0.15) is 12.8 Å². The van der Waals surface area contributed by atoms with Gasteiger partial charge in [0.25, 0.3) is 0 Å². The Morgan fingerprint density at radius 3 is 2.80 bits per heavy atom. The molecule has 0 radical (unpaired) electrons. The fraction of sp³-hybridized carbons (Fsp3) is 0.857. The van der Waals surface area contributed by atoms with E-state index >= 15 is 0 Å². The van der Waals surface area contributed by atoms with E-state index < -0.39 is 0 Å². The van der Waals surface area contributed by atoms with Crippen LogP contribution in [0.4, 0.5) is 0 Å². The van der Waals surface area contributed by atoms with E-state index in [-0.39, 0.29) is 0 Å². The van der Waals surface area contributed by atoms with Crippen LogP contribution in [-0.4, -0.2) is 25.7 Å². The lowest BCUT2D eigenvalue weighted by atomic mass is 10.0. The highest BCUT2D eigenvalue weighted by Gasteiger charge is 2.10. The quantitative estimate of drug-likeness (QED) is 0.452. The van der Waals surface area contributed by atoms with E-state index in [1.807, 2.05) is 12.5 Å². The molecule has 2 nitrogen and oxygen atoms in total. The largest absolute Gasteiger partial charge is 0.381 e. The first kappa shape index (κ1) is 8.08. The average Bonchev–Trinajstić information content (AvgIpc) is 2.03. The molecular weight excluding hydrogens is 146 g/mol. The third-order valence-corrected chi connectivity index (χ3v) is 1.98. The van der Waals surface area contributed by atoms with Gasteiger partial charge in [0.1, 0.15) is 0 Å². The van der Waals surface area contributed by atoms with Gasteiger partial charge in [-0.25, -0.2) is 4.40 Å². The van der Waals surface area contributed by atoms with Crippen LogP contribution in [0.3, 0.4) is 0 Å². The van der Waals surface area contributed by atoms with Crippen LogP contribution in [0.25, 0.3) is 0 Å². The van der Waals surface area contributed by atoms with Gasteiger partial charge in [0.05, 0.1) is 0 Å². The first-order valence-corrected chi connectivity index (χ1v) is 4.76. The number of hydrogen-bond donors (Lipinski definition) is 0. The lowest BCUT2D eigenvalue weighted by Crippen LogP contribution is -2.16. The van der Waals surface area contributed by atoms with Crippen LogP contribution in [-0.2, 0) is 4.74 Å². The molecule has 3 heteroatoms. The zero-order valence-corrected chi connectivity index (χ0v) is 7.06. The first-order chi connectivity index (χ1) is 4.93. The van der Waals surface area contributed by atoms with E-state index in [0.29, 0.717) is 5.92 Å². The van der Waals surface area contributed by atoms with Crippen molar-refractivity contribution in [1.29, 1.82) is 0 Å². The van der Waals surface area contributed by atoms with Gasteiger partial charge in [0, 0.05) is 25.7 Å².